The number of hydrogen-bond donors (Lipinski definition) is 2. The number of hydrogen-bond acceptors (Lipinski definition) is 6. The van der Waals surface area contributed by atoms with Gasteiger partial charge >= 0.3 is 0 Å². The van der Waals surface area contributed by atoms with Crippen molar-refractivity contribution in [3.63, 3.8) is 0 Å². The largest absolute Gasteiger partial charge is 0.389 e. The smallest absolute Gasteiger partial charge is 0.141 e. The Morgan fingerprint density at radius 2 is 1.86 bits per heavy atom. The molecule has 0 amide bonds. The predicted octanol–water partition coefficient (Wildman–Crippen LogP) is -0.597. The van der Waals surface area contributed by atoms with Gasteiger partial charge in [0, 0.05) is 44.1 Å². The summed E-state index contributed by atoms with van der Waals surface area (Å²) in [4.78, 5) is 12.6. The summed E-state index contributed by atoms with van der Waals surface area (Å²) in [5.41, 5.74) is -2.66. The maximum Gasteiger partial charge on any atom is 0.141 e. The van der Waals surface area contributed by atoms with Crippen molar-refractivity contribution in [3.05, 3.63) is 0 Å². The molecule has 7 rings (SSSR count). The number of rotatable bonds is 0. The van der Waals surface area contributed by atoms with E-state index in [0.717, 1.165) is 6.42 Å². The highest BCUT2D eigenvalue weighted by atomic mass is 16.6. The molecule has 6 heteroatoms. The Hall–Kier alpha value is -0.530. The lowest BCUT2D eigenvalue weighted by Gasteiger charge is -2.60. The second-order valence-corrected chi connectivity index (χ2v) is 8.11. The van der Waals surface area contributed by atoms with Crippen molar-refractivity contribution in [3.8, 4) is 0 Å². The molecule has 0 aromatic rings. The average Bonchev–Trinajstić information content (AvgIpc) is 3.11. The van der Waals surface area contributed by atoms with Gasteiger partial charge < -0.3 is 24.4 Å². The lowest BCUT2D eigenvalue weighted by Crippen LogP contribution is -2.74. The molecule has 22 heavy (non-hydrogen) atoms. The van der Waals surface area contributed by atoms with Gasteiger partial charge in [0.2, 0.25) is 0 Å². The first-order valence-electron chi connectivity index (χ1n) is 8.39. The summed E-state index contributed by atoms with van der Waals surface area (Å²) < 4.78 is 18.1. The molecule has 7 aliphatic rings. The number of carbonyl (C=O) groups is 1. The predicted molar refractivity (Wildman–Crippen MR) is 70.9 cm³/mol. The molecule has 9 atom stereocenters. The SMILES string of the molecule is O=C1CC2C3C4OC25CCOC5C1C3(O)CC1OCCC14O. The van der Waals surface area contributed by atoms with Crippen molar-refractivity contribution in [2.45, 2.75) is 60.8 Å². The first kappa shape index (κ1) is 12.8. The Labute approximate surface area is 127 Å². The van der Waals surface area contributed by atoms with Crippen molar-refractivity contribution in [2.24, 2.45) is 17.8 Å². The quantitative estimate of drug-likeness (QED) is 0.622. The van der Waals surface area contributed by atoms with Crippen molar-refractivity contribution in [1.82, 2.24) is 0 Å². The minimum atomic E-state index is -1.15. The minimum Gasteiger partial charge on any atom is -0.389 e. The minimum absolute atomic E-state index is 0.0296. The zero-order valence-electron chi connectivity index (χ0n) is 12.2. The molecule has 3 aliphatic heterocycles. The fourth-order valence-corrected chi connectivity index (χ4v) is 6.82. The van der Waals surface area contributed by atoms with E-state index in [4.69, 9.17) is 14.2 Å². The second kappa shape index (κ2) is 3.44. The van der Waals surface area contributed by atoms with Crippen LogP contribution >= 0.6 is 0 Å². The standard InChI is InChI=1S/C16H20O6/c17-8-5-7-10-12-14(18)1-3-20-9(14)6-15(10,19)11(8)13-16(7,22-12)2-4-21-13/h7,9-13,18-19H,1-6H2. The number of aliphatic hydroxyl groups is 2. The molecule has 4 saturated carbocycles. The fraction of sp³-hybridized carbons (Fsp3) is 0.938. The molecule has 1 spiro atoms. The molecule has 0 aromatic carbocycles. The zero-order chi connectivity index (χ0) is 14.9. The van der Waals surface area contributed by atoms with Crippen LogP contribution in [0.3, 0.4) is 0 Å². The molecular formula is C16H20O6. The summed E-state index contributed by atoms with van der Waals surface area (Å²) in [5, 5.41) is 22.7. The molecule has 120 valence electrons. The number of fused-ring (bicyclic) bond motifs is 3. The molecule has 3 heterocycles. The first-order valence-corrected chi connectivity index (χ1v) is 8.39. The van der Waals surface area contributed by atoms with Gasteiger partial charge in [0.15, 0.2) is 0 Å². The van der Waals surface area contributed by atoms with Crippen LogP contribution < -0.4 is 0 Å². The van der Waals surface area contributed by atoms with Crippen LogP contribution in [0.25, 0.3) is 0 Å². The number of carbonyl (C=O) groups excluding carboxylic acids is 1. The number of ketones is 1. The highest BCUT2D eigenvalue weighted by molar-refractivity contribution is 5.86. The van der Waals surface area contributed by atoms with Gasteiger partial charge in [-0.2, -0.15) is 0 Å². The summed E-state index contributed by atoms with van der Waals surface area (Å²) in [5.74, 6) is -0.628. The van der Waals surface area contributed by atoms with Crippen LogP contribution in [0.2, 0.25) is 0 Å². The van der Waals surface area contributed by atoms with Crippen LogP contribution in [0.1, 0.15) is 25.7 Å². The van der Waals surface area contributed by atoms with E-state index < -0.39 is 34.9 Å². The lowest BCUT2D eigenvalue weighted by atomic mass is 9.45. The number of Topliss-reactive ketones (excluding diaryl/α,β-unsaturated/α-hetero) is 1. The summed E-state index contributed by atoms with van der Waals surface area (Å²) in [6.45, 7) is 1.05. The van der Waals surface area contributed by atoms with Crippen molar-refractivity contribution < 1.29 is 29.2 Å². The van der Waals surface area contributed by atoms with Crippen LogP contribution in [0.4, 0.5) is 0 Å². The van der Waals surface area contributed by atoms with Gasteiger partial charge in [0.05, 0.1) is 36.4 Å². The maximum absolute atomic E-state index is 12.6. The van der Waals surface area contributed by atoms with E-state index in [1.165, 1.54) is 0 Å². The van der Waals surface area contributed by atoms with Crippen LogP contribution in [-0.2, 0) is 19.0 Å². The Bertz CT molecular complexity index is 593. The normalized spacial score (nSPS) is 67.5. The van der Waals surface area contributed by atoms with Gasteiger partial charge in [0.1, 0.15) is 17.0 Å². The average molecular weight is 308 g/mol. The Morgan fingerprint density at radius 1 is 1.05 bits per heavy atom. The summed E-state index contributed by atoms with van der Waals surface area (Å²) in [6.07, 6.45) is 0.839. The number of ether oxygens (including phenoxy) is 3. The van der Waals surface area contributed by atoms with Crippen molar-refractivity contribution >= 4 is 5.78 Å². The van der Waals surface area contributed by atoms with Gasteiger partial charge in [-0.1, -0.05) is 0 Å². The van der Waals surface area contributed by atoms with E-state index in [1.54, 1.807) is 0 Å². The van der Waals surface area contributed by atoms with Crippen molar-refractivity contribution in [2.75, 3.05) is 13.2 Å². The monoisotopic (exact) mass is 308 g/mol. The third-order valence-electron chi connectivity index (χ3n) is 7.58. The topological polar surface area (TPSA) is 85.2 Å². The Kier molecular flexibility index (Phi) is 2.01. The van der Waals surface area contributed by atoms with E-state index in [2.05, 4.69) is 0 Å². The van der Waals surface area contributed by atoms with Gasteiger partial charge in [-0.15, -0.1) is 0 Å². The fourth-order valence-electron chi connectivity index (χ4n) is 6.82. The summed E-state index contributed by atoms with van der Waals surface area (Å²) >= 11 is 0. The Morgan fingerprint density at radius 3 is 2.73 bits per heavy atom. The molecule has 2 N–H and O–H groups in total. The van der Waals surface area contributed by atoms with Gasteiger partial charge in [0.25, 0.3) is 0 Å². The molecule has 0 radical (unpaired) electrons. The third-order valence-corrected chi connectivity index (χ3v) is 7.58. The molecule has 4 bridgehead atoms. The highest BCUT2D eigenvalue weighted by Crippen LogP contribution is 2.70. The van der Waals surface area contributed by atoms with Crippen LogP contribution in [0.15, 0.2) is 0 Å². The van der Waals surface area contributed by atoms with E-state index in [0.29, 0.717) is 32.5 Å². The van der Waals surface area contributed by atoms with Crippen molar-refractivity contribution in [1.29, 1.82) is 0 Å². The summed E-state index contributed by atoms with van der Waals surface area (Å²) in [6, 6.07) is 0. The zero-order valence-corrected chi connectivity index (χ0v) is 12.2. The Balaban J connectivity index is 1.60. The molecule has 3 saturated heterocycles. The van der Waals surface area contributed by atoms with E-state index >= 15 is 0 Å². The molecule has 7 fully saturated rings. The molecular weight excluding hydrogens is 288 g/mol. The molecule has 0 aromatic heterocycles. The third kappa shape index (κ3) is 1.05. The molecule has 4 aliphatic carbocycles. The lowest BCUT2D eigenvalue weighted by molar-refractivity contribution is -0.236. The molecule has 6 nitrogen and oxygen atoms in total. The van der Waals surface area contributed by atoms with Crippen LogP contribution in [0, 0.1) is 17.8 Å². The van der Waals surface area contributed by atoms with E-state index in [-0.39, 0.29) is 23.7 Å². The van der Waals surface area contributed by atoms with E-state index in [9.17, 15) is 15.0 Å². The first-order chi connectivity index (χ1) is 10.5. The van der Waals surface area contributed by atoms with Gasteiger partial charge in [-0.05, 0) is 0 Å². The highest BCUT2D eigenvalue weighted by Gasteiger charge is 2.83. The maximum atomic E-state index is 12.6. The van der Waals surface area contributed by atoms with Gasteiger partial charge in [-0.3, -0.25) is 4.79 Å². The van der Waals surface area contributed by atoms with E-state index in [1.807, 2.05) is 0 Å². The second-order valence-electron chi connectivity index (χ2n) is 8.11. The van der Waals surface area contributed by atoms with Crippen LogP contribution in [0.5, 0.6) is 0 Å². The molecule has 9 unspecified atom stereocenters. The van der Waals surface area contributed by atoms with Crippen LogP contribution in [-0.4, -0.2) is 64.3 Å². The van der Waals surface area contributed by atoms with Gasteiger partial charge in [-0.25, -0.2) is 0 Å². The summed E-state index contributed by atoms with van der Waals surface area (Å²) in [7, 11) is 0.